The summed E-state index contributed by atoms with van der Waals surface area (Å²) in [7, 11) is 0. The summed E-state index contributed by atoms with van der Waals surface area (Å²) in [5.41, 5.74) is 8.89. The van der Waals surface area contributed by atoms with Crippen molar-refractivity contribution in [3.63, 3.8) is 0 Å². The largest absolute Gasteiger partial charge is 0.465 e. The van der Waals surface area contributed by atoms with Gasteiger partial charge in [0.2, 0.25) is 0 Å². The average molecular weight is 249 g/mol. The van der Waals surface area contributed by atoms with E-state index in [2.05, 4.69) is 20.3 Å². The maximum Gasteiger partial charge on any atom is 0.327 e. The Bertz CT molecular complexity index is 417. The minimum atomic E-state index is -0.590. The summed E-state index contributed by atoms with van der Waals surface area (Å²) in [4.78, 5) is 18.4. The van der Waals surface area contributed by atoms with Crippen LogP contribution in [0.2, 0.25) is 0 Å². The van der Waals surface area contributed by atoms with Gasteiger partial charge in [-0.2, -0.15) is 0 Å². The molecular formula is C11H15N5O2. The quantitative estimate of drug-likeness (QED) is 0.260. The van der Waals surface area contributed by atoms with E-state index in [0.717, 1.165) is 5.56 Å². The predicted octanol–water partition coefficient (Wildman–Crippen LogP) is 1.59. The third-order valence-corrected chi connectivity index (χ3v) is 2.16. The summed E-state index contributed by atoms with van der Waals surface area (Å²) in [5, 5.41) is 6.37. The summed E-state index contributed by atoms with van der Waals surface area (Å²) >= 11 is 0. The molecule has 0 aliphatic carbocycles. The molecule has 0 amide bonds. The van der Waals surface area contributed by atoms with Crippen molar-refractivity contribution in [2.24, 2.45) is 5.11 Å². The molecule has 0 spiro atoms. The Morgan fingerprint density at radius 2 is 2.56 bits per heavy atom. The zero-order chi connectivity index (χ0) is 13.2. The monoisotopic (exact) mass is 249 g/mol. The number of rotatable bonds is 7. The maximum atomic E-state index is 11.8. The molecule has 0 aliphatic rings. The first kappa shape index (κ1) is 14.0. The van der Waals surface area contributed by atoms with Gasteiger partial charge in [-0.25, -0.2) is 4.79 Å². The molecule has 18 heavy (non-hydrogen) atoms. The number of azide groups is 1. The van der Waals surface area contributed by atoms with Crippen LogP contribution in [0, 0.1) is 0 Å². The van der Waals surface area contributed by atoms with Gasteiger partial charge in [-0.15, -0.1) is 0 Å². The highest BCUT2D eigenvalue weighted by Gasteiger charge is 2.20. The fourth-order valence-corrected chi connectivity index (χ4v) is 1.41. The van der Waals surface area contributed by atoms with Gasteiger partial charge < -0.3 is 10.1 Å². The van der Waals surface area contributed by atoms with Crippen molar-refractivity contribution >= 4 is 5.97 Å². The number of ether oxygens (including phenoxy) is 1. The van der Waals surface area contributed by atoms with Gasteiger partial charge in [-0.1, -0.05) is 11.2 Å². The van der Waals surface area contributed by atoms with Crippen LogP contribution >= 0.6 is 0 Å². The van der Waals surface area contributed by atoms with Crippen LogP contribution in [0.4, 0.5) is 0 Å². The molecular weight excluding hydrogens is 234 g/mol. The summed E-state index contributed by atoms with van der Waals surface area (Å²) < 4.78 is 4.98. The highest BCUT2D eigenvalue weighted by atomic mass is 16.5. The smallest absolute Gasteiger partial charge is 0.327 e. The summed E-state index contributed by atoms with van der Waals surface area (Å²) in [6.07, 6.45) is 3.23. The molecule has 1 aromatic heterocycles. The molecule has 0 fully saturated rings. The van der Waals surface area contributed by atoms with E-state index in [1.165, 1.54) is 0 Å². The lowest BCUT2D eigenvalue weighted by Crippen LogP contribution is -2.32. The topological polar surface area (TPSA) is 100.0 Å². The number of hydrogen-bond donors (Lipinski definition) is 1. The van der Waals surface area contributed by atoms with Crippen molar-refractivity contribution in [1.82, 2.24) is 10.3 Å². The average Bonchev–Trinajstić information content (AvgIpc) is 2.40. The van der Waals surface area contributed by atoms with Gasteiger partial charge in [0.15, 0.2) is 0 Å². The number of carbonyl (C=O) groups is 1. The van der Waals surface area contributed by atoms with Crippen LogP contribution in [0.15, 0.2) is 29.6 Å². The molecule has 1 heterocycles. The molecule has 0 radical (unpaired) electrons. The number of nitrogens with zero attached hydrogens (tertiary/aromatic N) is 4. The molecule has 1 rings (SSSR count). The van der Waals surface area contributed by atoms with Gasteiger partial charge >= 0.3 is 5.97 Å². The minimum absolute atomic E-state index is 0.271. The second-order valence-corrected chi connectivity index (χ2v) is 3.38. The Hall–Kier alpha value is -2.11. The van der Waals surface area contributed by atoms with Crippen molar-refractivity contribution in [3.8, 4) is 0 Å². The molecule has 1 unspecified atom stereocenters. The standard InChI is InChI=1S/C11H15N5O2/c1-2-18-11(17)10(14-6-7-15-16-12)9-4-3-5-13-8-9/h3-5,8,10,14H,2,6-7H2,1H3. The fourth-order valence-electron chi connectivity index (χ4n) is 1.41. The van der Waals surface area contributed by atoms with E-state index in [-0.39, 0.29) is 12.5 Å². The summed E-state index contributed by atoms with van der Waals surface area (Å²) in [6.45, 7) is 2.72. The third kappa shape index (κ3) is 4.40. The van der Waals surface area contributed by atoms with Crippen molar-refractivity contribution < 1.29 is 9.53 Å². The van der Waals surface area contributed by atoms with Gasteiger partial charge in [-0.05, 0) is 24.1 Å². The zero-order valence-corrected chi connectivity index (χ0v) is 10.1. The van der Waals surface area contributed by atoms with E-state index in [9.17, 15) is 4.79 Å². The van der Waals surface area contributed by atoms with Crippen LogP contribution in [-0.4, -0.2) is 30.6 Å². The lowest BCUT2D eigenvalue weighted by atomic mass is 10.1. The molecule has 1 N–H and O–H groups in total. The van der Waals surface area contributed by atoms with Gasteiger partial charge in [0.05, 0.1) is 6.61 Å². The highest BCUT2D eigenvalue weighted by Crippen LogP contribution is 2.12. The Kier molecular flexibility index (Phi) is 6.24. The van der Waals surface area contributed by atoms with Crippen LogP contribution in [0.1, 0.15) is 18.5 Å². The fraction of sp³-hybridized carbons (Fsp3) is 0.455. The van der Waals surface area contributed by atoms with E-state index in [0.29, 0.717) is 13.2 Å². The lowest BCUT2D eigenvalue weighted by molar-refractivity contribution is -0.145. The Labute approximate surface area is 105 Å². The van der Waals surface area contributed by atoms with Crippen molar-refractivity contribution in [3.05, 3.63) is 40.5 Å². The number of nitrogens with one attached hydrogen (secondary N) is 1. The van der Waals surface area contributed by atoms with E-state index >= 15 is 0 Å². The molecule has 0 bridgehead atoms. The Morgan fingerprint density at radius 1 is 1.72 bits per heavy atom. The molecule has 0 aromatic carbocycles. The van der Waals surface area contributed by atoms with Crippen LogP contribution in [0.5, 0.6) is 0 Å². The highest BCUT2D eigenvalue weighted by molar-refractivity contribution is 5.77. The summed E-state index contributed by atoms with van der Waals surface area (Å²) in [6, 6.07) is 2.94. The van der Waals surface area contributed by atoms with E-state index in [1.54, 1.807) is 31.5 Å². The molecule has 7 heteroatoms. The molecule has 96 valence electrons. The van der Waals surface area contributed by atoms with E-state index in [4.69, 9.17) is 10.3 Å². The minimum Gasteiger partial charge on any atom is -0.465 e. The van der Waals surface area contributed by atoms with Gasteiger partial charge in [0.25, 0.3) is 0 Å². The number of hydrogen-bond acceptors (Lipinski definition) is 5. The van der Waals surface area contributed by atoms with Crippen molar-refractivity contribution in [2.45, 2.75) is 13.0 Å². The van der Waals surface area contributed by atoms with Crippen molar-refractivity contribution in [1.29, 1.82) is 0 Å². The first-order valence-electron chi connectivity index (χ1n) is 5.60. The molecule has 0 saturated carbocycles. The van der Waals surface area contributed by atoms with Gasteiger partial charge in [0.1, 0.15) is 6.04 Å². The molecule has 0 aliphatic heterocycles. The molecule has 1 aromatic rings. The molecule has 7 nitrogen and oxygen atoms in total. The van der Waals surface area contributed by atoms with Crippen LogP contribution < -0.4 is 5.32 Å². The lowest BCUT2D eigenvalue weighted by Gasteiger charge is -2.16. The van der Waals surface area contributed by atoms with E-state index in [1.807, 2.05) is 0 Å². The third-order valence-electron chi connectivity index (χ3n) is 2.16. The first-order valence-corrected chi connectivity index (χ1v) is 5.60. The maximum absolute atomic E-state index is 11.8. The van der Waals surface area contributed by atoms with Crippen LogP contribution in [0.3, 0.4) is 0 Å². The number of pyridine rings is 1. The zero-order valence-electron chi connectivity index (χ0n) is 10.1. The second kappa shape index (κ2) is 8.05. The number of esters is 1. The van der Waals surface area contributed by atoms with Gasteiger partial charge in [0, 0.05) is 30.4 Å². The second-order valence-electron chi connectivity index (χ2n) is 3.38. The van der Waals surface area contributed by atoms with Crippen molar-refractivity contribution in [2.75, 3.05) is 19.7 Å². The van der Waals surface area contributed by atoms with Crippen LogP contribution in [-0.2, 0) is 9.53 Å². The Morgan fingerprint density at radius 3 is 3.17 bits per heavy atom. The number of aromatic nitrogens is 1. The Balaban J connectivity index is 2.69. The predicted molar refractivity (Wildman–Crippen MR) is 65.6 cm³/mol. The van der Waals surface area contributed by atoms with E-state index < -0.39 is 6.04 Å². The molecule has 1 atom stereocenters. The SMILES string of the molecule is CCOC(=O)C(NCCN=[N+]=[N-])c1cccnc1. The normalized spacial score (nSPS) is 11.4. The van der Waals surface area contributed by atoms with Crippen LogP contribution in [0.25, 0.3) is 10.4 Å². The first-order chi connectivity index (χ1) is 8.79. The summed E-state index contributed by atoms with van der Waals surface area (Å²) in [5.74, 6) is -0.369. The number of carbonyl (C=O) groups excluding carboxylic acids is 1. The molecule has 0 saturated heterocycles. The van der Waals surface area contributed by atoms with Gasteiger partial charge in [-0.3, -0.25) is 4.98 Å².